The fourth-order valence-electron chi connectivity index (χ4n) is 1.74. The molecule has 1 aromatic heterocycles. The number of carbonyl (C=O) groups excluding carboxylic acids is 1. The molecule has 0 aromatic carbocycles. The first-order valence-electron chi connectivity index (χ1n) is 5.38. The van der Waals surface area contributed by atoms with Crippen LogP contribution in [-0.4, -0.2) is 44.0 Å². The standard InChI is InChI=1S/C11H14FN3O2.ClH/c1-17-11(16)9-3-2-8(6-14-9)15-5-4-13-7-10(15)12;/h2-3,6,10,13H,4-5,7H2,1H3;1H. The van der Waals surface area contributed by atoms with Gasteiger partial charge < -0.3 is 15.0 Å². The van der Waals surface area contributed by atoms with Crippen LogP contribution in [0, 0.1) is 0 Å². The minimum absolute atomic E-state index is 0. The topological polar surface area (TPSA) is 54.5 Å². The molecule has 1 aliphatic rings. The van der Waals surface area contributed by atoms with Crippen LogP contribution >= 0.6 is 12.4 Å². The first-order chi connectivity index (χ1) is 8.22. The third kappa shape index (κ3) is 3.08. The zero-order chi connectivity index (χ0) is 12.3. The quantitative estimate of drug-likeness (QED) is 0.645. The lowest BCUT2D eigenvalue weighted by atomic mass is 10.2. The van der Waals surface area contributed by atoms with E-state index in [1.165, 1.54) is 19.4 Å². The van der Waals surface area contributed by atoms with Crippen LogP contribution in [0.15, 0.2) is 18.3 Å². The highest BCUT2D eigenvalue weighted by Gasteiger charge is 2.22. The number of methoxy groups -OCH3 is 1. The molecule has 0 saturated carbocycles. The van der Waals surface area contributed by atoms with Crippen molar-refractivity contribution in [2.24, 2.45) is 0 Å². The average Bonchev–Trinajstić information content (AvgIpc) is 2.39. The summed E-state index contributed by atoms with van der Waals surface area (Å²) in [5.41, 5.74) is 0.897. The van der Waals surface area contributed by atoms with Gasteiger partial charge in [0.25, 0.3) is 0 Å². The Bertz CT molecular complexity index is 402. The molecule has 0 bridgehead atoms. The number of hydrogen-bond donors (Lipinski definition) is 1. The molecule has 1 aliphatic heterocycles. The molecule has 1 unspecified atom stereocenters. The Morgan fingerprint density at radius 1 is 1.61 bits per heavy atom. The van der Waals surface area contributed by atoms with Crippen molar-refractivity contribution in [1.82, 2.24) is 10.3 Å². The molecule has 0 radical (unpaired) electrons. The van der Waals surface area contributed by atoms with Crippen LogP contribution in [-0.2, 0) is 4.74 Å². The number of anilines is 1. The van der Waals surface area contributed by atoms with E-state index >= 15 is 0 Å². The summed E-state index contributed by atoms with van der Waals surface area (Å²) >= 11 is 0. The molecule has 18 heavy (non-hydrogen) atoms. The minimum Gasteiger partial charge on any atom is -0.464 e. The molecule has 1 atom stereocenters. The van der Waals surface area contributed by atoms with Gasteiger partial charge in [-0.05, 0) is 12.1 Å². The highest BCUT2D eigenvalue weighted by atomic mass is 35.5. The number of alkyl halides is 1. The number of esters is 1. The van der Waals surface area contributed by atoms with Crippen molar-refractivity contribution in [3.63, 3.8) is 0 Å². The monoisotopic (exact) mass is 275 g/mol. The summed E-state index contributed by atoms with van der Waals surface area (Å²) < 4.78 is 18.1. The Morgan fingerprint density at radius 2 is 2.39 bits per heavy atom. The fourth-order valence-corrected chi connectivity index (χ4v) is 1.74. The Morgan fingerprint density at radius 3 is 2.94 bits per heavy atom. The second kappa shape index (κ2) is 6.51. The first-order valence-corrected chi connectivity index (χ1v) is 5.38. The number of ether oxygens (including phenoxy) is 1. The van der Waals surface area contributed by atoms with Crippen LogP contribution in [0.25, 0.3) is 0 Å². The number of pyridine rings is 1. The average molecular weight is 276 g/mol. The van der Waals surface area contributed by atoms with Crippen molar-refractivity contribution in [1.29, 1.82) is 0 Å². The molecule has 5 nitrogen and oxygen atoms in total. The van der Waals surface area contributed by atoms with E-state index in [-0.39, 0.29) is 18.1 Å². The number of halogens is 2. The lowest BCUT2D eigenvalue weighted by Gasteiger charge is -2.32. The second-order valence-electron chi connectivity index (χ2n) is 3.73. The van der Waals surface area contributed by atoms with Crippen molar-refractivity contribution in [2.75, 3.05) is 31.6 Å². The molecule has 0 spiro atoms. The maximum atomic E-state index is 13.6. The fraction of sp³-hybridized carbons (Fsp3) is 0.455. The molecule has 0 aliphatic carbocycles. The zero-order valence-electron chi connectivity index (χ0n) is 9.93. The van der Waals surface area contributed by atoms with Gasteiger partial charge in [-0.15, -0.1) is 12.4 Å². The van der Waals surface area contributed by atoms with E-state index in [1.807, 2.05) is 0 Å². The number of carbonyl (C=O) groups is 1. The van der Waals surface area contributed by atoms with Crippen LogP contribution in [0.3, 0.4) is 0 Å². The predicted octanol–water partition coefficient (Wildman–Crippen LogP) is 0.995. The van der Waals surface area contributed by atoms with E-state index in [9.17, 15) is 9.18 Å². The Labute approximate surface area is 111 Å². The molecular weight excluding hydrogens is 261 g/mol. The van der Waals surface area contributed by atoms with Gasteiger partial charge in [0.1, 0.15) is 5.69 Å². The van der Waals surface area contributed by atoms with Gasteiger partial charge in [-0.1, -0.05) is 0 Å². The van der Waals surface area contributed by atoms with Gasteiger partial charge in [-0.3, -0.25) is 0 Å². The number of nitrogens with zero attached hydrogens (tertiary/aromatic N) is 2. The Balaban J connectivity index is 0.00000162. The number of hydrogen-bond acceptors (Lipinski definition) is 5. The van der Waals surface area contributed by atoms with E-state index in [2.05, 4.69) is 15.0 Å². The van der Waals surface area contributed by atoms with Crippen LogP contribution in [0.2, 0.25) is 0 Å². The van der Waals surface area contributed by atoms with Crippen molar-refractivity contribution in [2.45, 2.75) is 6.30 Å². The van der Waals surface area contributed by atoms with E-state index < -0.39 is 12.3 Å². The first kappa shape index (κ1) is 14.7. The molecule has 7 heteroatoms. The largest absolute Gasteiger partial charge is 0.464 e. The van der Waals surface area contributed by atoms with Crippen molar-refractivity contribution in [3.8, 4) is 0 Å². The molecule has 0 amide bonds. The molecule has 1 aromatic rings. The zero-order valence-corrected chi connectivity index (χ0v) is 10.7. The smallest absolute Gasteiger partial charge is 0.356 e. The SMILES string of the molecule is COC(=O)c1ccc(N2CCNCC2F)cn1.Cl. The normalized spacial score (nSPS) is 19.0. The second-order valence-corrected chi connectivity index (χ2v) is 3.73. The summed E-state index contributed by atoms with van der Waals surface area (Å²) in [4.78, 5) is 16.8. The molecular formula is C11H15ClFN3O2. The summed E-state index contributed by atoms with van der Waals surface area (Å²) in [6.45, 7) is 1.62. The summed E-state index contributed by atoms with van der Waals surface area (Å²) in [6, 6.07) is 3.22. The summed E-state index contributed by atoms with van der Waals surface area (Å²) in [5, 5.41) is 2.96. The highest BCUT2D eigenvalue weighted by molar-refractivity contribution is 5.87. The van der Waals surface area contributed by atoms with Crippen molar-refractivity contribution >= 4 is 24.1 Å². The third-order valence-electron chi connectivity index (χ3n) is 2.65. The highest BCUT2D eigenvalue weighted by Crippen LogP contribution is 2.18. The predicted molar refractivity (Wildman–Crippen MR) is 67.9 cm³/mol. The lowest BCUT2D eigenvalue weighted by Crippen LogP contribution is -2.49. The van der Waals surface area contributed by atoms with E-state index in [1.54, 1.807) is 11.0 Å². The van der Waals surface area contributed by atoms with Gasteiger partial charge in [0.2, 0.25) is 0 Å². The van der Waals surface area contributed by atoms with Gasteiger partial charge in [-0.2, -0.15) is 0 Å². The van der Waals surface area contributed by atoms with Crippen LogP contribution in [0.4, 0.5) is 10.1 Å². The number of aromatic nitrogens is 1. The number of rotatable bonds is 2. The Kier molecular flexibility index (Phi) is 5.30. The van der Waals surface area contributed by atoms with Crippen molar-refractivity contribution < 1.29 is 13.9 Å². The van der Waals surface area contributed by atoms with Crippen LogP contribution < -0.4 is 10.2 Å². The van der Waals surface area contributed by atoms with Gasteiger partial charge in [-0.25, -0.2) is 14.2 Å². The van der Waals surface area contributed by atoms with E-state index in [0.717, 1.165) is 6.54 Å². The van der Waals surface area contributed by atoms with E-state index in [0.29, 0.717) is 18.8 Å². The lowest BCUT2D eigenvalue weighted by molar-refractivity contribution is 0.0594. The summed E-state index contributed by atoms with van der Waals surface area (Å²) in [5.74, 6) is -0.492. The molecule has 100 valence electrons. The van der Waals surface area contributed by atoms with Gasteiger partial charge in [0.15, 0.2) is 6.30 Å². The van der Waals surface area contributed by atoms with Crippen LogP contribution in [0.1, 0.15) is 10.5 Å². The van der Waals surface area contributed by atoms with Gasteiger partial charge in [0, 0.05) is 19.6 Å². The summed E-state index contributed by atoms with van der Waals surface area (Å²) in [7, 11) is 1.30. The third-order valence-corrected chi connectivity index (χ3v) is 2.65. The number of nitrogens with one attached hydrogen (secondary N) is 1. The molecule has 1 fully saturated rings. The molecule has 2 heterocycles. The molecule has 2 rings (SSSR count). The Hall–Kier alpha value is -1.40. The number of piperazine rings is 1. The maximum Gasteiger partial charge on any atom is 0.356 e. The van der Waals surface area contributed by atoms with E-state index in [4.69, 9.17) is 0 Å². The van der Waals surface area contributed by atoms with Gasteiger partial charge >= 0.3 is 5.97 Å². The molecule has 1 saturated heterocycles. The van der Waals surface area contributed by atoms with Crippen molar-refractivity contribution in [3.05, 3.63) is 24.0 Å². The van der Waals surface area contributed by atoms with Gasteiger partial charge in [0.05, 0.1) is 19.0 Å². The van der Waals surface area contributed by atoms with Crippen LogP contribution in [0.5, 0.6) is 0 Å². The molecule has 1 N–H and O–H groups in total. The maximum absolute atomic E-state index is 13.6. The minimum atomic E-state index is -1.06. The summed E-state index contributed by atoms with van der Waals surface area (Å²) in [6.07, 6.45) is 0.430.